The van der Waals surface area contributed by atoms with E-state index in [1.165, 1.54) is 11.1 Å². The Morgan fingerprint density at radius 1 is 1.17 bits per heavy atom. The number of nitriles is 1. The van der Waals surface area contributed by atoms with Crippen molar-refractivity contribution in [2.45, 2.75) is 44.1 Å². The third-order valence-corrected chi connectivity index (χ3v) is 8.47. The minimum Gasteiger partial charge on any atom is -0.368 e. The molecule has 3 fully saturated rings. The number of piperazine rings is 2. The van der Waals surface area contributed by atoms with E-state index in [2.05, 4.69) is 62.3 Å². The Morgan fingerprint density at radius 2 is 2.09 bits per heavy atom. The van der Waals surface area contributed by atoms with Crippen LogP contribution in [0.4, 0.5) is 5.69 Å². The van der Waals surface area contributed by atoms with E-state index in [0.717, 1.165) is 61.3 Å². The minimum absolute atomic E-state index is 0.179. The molecule has 7 rings (SSSR count). The molecule has 1 amide bonds. The zero-order valence-electron chi connectivity index (χ0n) is 19.8. The number of anilines is 1. The molecule has 0 spiro atoms. The number of hydrogen-bond acceptors (Lipinski definition) is 6. The Bertz CT molecular complexity index is 1400. The molecule has 7 heteroatoms. The maximum Gasteiger partial charge on any atom is 0.254 e. The quantitative estimate of drug-likeness (QED) is 0.628. The molecular formula is C28H28N6O. The van der Waals surface area contributed by atoms with Gasteiger partial charge >= 0.3 is 0 Å². The molecule has 1 N–H and O–H groups in total. The summed E-state index contributed by atoms with van der Waals surface area (Å²) in [6, 6.07) is 18.1. The van der Waals surface area contributed by atoms with Gasteiger partial charge in [-0.1, -0.05) is 6.07 Å². The number of pyridine rings is 1. The predicted octanol–water partition coefficient (Wildman–Crippen LogP) is 3.06. The third kappa shape index (κ3) is 3.17. The first-order valence-corrected chi connectivity index (χ1v) is 12.6. The summed E-state index contributed by atoms with van der Waals surface area (Å²) in [5.74, 6) is 0.179. The summed E-state index contributed by atoms with van der Waals surface area (Å²) in [7, 11) is 0. The summed E-state index contributed by atoms with van der Waals surface area (Å²) in [5, 5.41) is 14.0. The molecular weight excluding hydrogens is 436 g/mol. The second-order valence-electron chi connectivity index (χ2n) is 10.5. The van der Waals surface area contributed by atoms with Gasteiger partial charge < -0.3 is 15.1 Å². The molecule has 2 aromatic carbocycles. The summed E-state index contributed by atoms with van der Waals surface area (Å²) in [5.41, 5.74) is 5.95. The van der Waals surface area contributed by atoms with Crippen molar-refractivity contribution < 1.29 is 4.79 Å². The van der Waals surface area contributed by atoms with E-state index in [1.807, 2.05) is 18.2 Å². The van der Waals surface area contributed by atoms with Gasteiger partial charge in [-0.25, -0.2) is 0 Å². The zero-order chi connectivity index (χ0) is 23.7. The van der Waals surface area contributed by atoms with Gasteiger partial charge in [0.2, 0.25) is 0 Å². The smallest absolute Gasteiger partial charge is 0.254 e. The fourth-order valence-corrected chi connectivity index (χ4v) is 6.76. The lowest BCUT2D eigenvalue weighted by Crippen LogP contribution is -2.51. The van der Waals surface area contributed by atoms with Crippen LogP contribution < -0.4 is 10.2 Å². The van der Waals surface area contributed by atoms with E-state index in [-0.39, 0.29) is 11.9 Å². The van der Waals surface area contributed by atoms with Crippen molar-refractivity contribution in [3.8, 4) is 6.07 Å². The second-order valence-corrected chi connectivity index (χ2v) is 10.5. The summed E-state index contributed by atoms with van der Waals surface area (Å²) >= 11 is 0. The molecule has 2 bridgehead atoms. The van der Waals surface area contributed by atoms with Crippen LogP contribution in [-0.4, -0.2) is 65.0 Å². The normalized spacial score (nSPS) is 27.2. The Balaban J connectivity index is 1.19. The first kappa shape index (κ1) is 20.9. The molecule has 4 unspecified atom stereocenters. The van der Waals surface area contributed by atoms with E-state index >= 15 is 0 Å². The number of rotatable bonds is 2. The number of carbonyl (C=O) groups is 1. The van der Waals surface area contributed by atoms with E-state index in [9.17, 15) is 10.1 Å². The standard InChI is InChI=1S/C28H28N6O/c1-17-13-32(25-7-5-19(11-29)27-24(25)3-2-8-30-27)16-26-23-6-4-18(9-20(23)14-33(17)26)28(35)34-15-21-10-22(34)12-31-21/h2-9,17,21-22,26,31H,10,12-16H2,1H3. The van der Waals surface area contributed by atoms with Gasteiger partial charge in [-0.2, -0.15) is 5.26 Å². The van der Waals surface area contributed by atoms with Crippen molar-refractivity contribution in [1.29, 1.82) is 5.26 Å². The van der Waals surface area contributed by atoms with Gasteiger partial charge in [-0.05, 0) is 60.9 Å². The highest BCUT2D eigenvalue weighted by molar-refractivity contribution is 5.96. The fourth-order valence-electron chi connectivity index (χ4n) is 6.76. The predicted molar refractivity (Wildman–Crippen MR) is 134 cm³/mol. The lowest BCUT2D eigenvalue weighted by molar-refractivity contribution is 0.0716. The first-order valence-electron chi connectivity index (χ1n) is 12.6. The van der Waals surface area contributed by atoms with Crippen LogP contribution >= 0.6 is 0 Å². The Morgan fingerprint density at radius 3 is 2.89 bits per heavy atom. The van der Waals surface area contributed by atoms with Gasteiger partial charge in [0, 0.05) is 73.7 Å². The van der Waals surface area contributed by atoms with Crippen molar-refractivity contribution in [2.75, 3.05) is 31.1 Å². The van der Waals surface area contributed by atoms with E-state index in [0.29, 0.717) is 23.7 Å². The highest BCUT2D eigenvalue weighted by Gasteiger charge is 2.42. The molecule has 35 heavy (non-hydrogen) atoms. The average molecular weight is 465 g/mol. The first-order chi connectivity index (χ1) is 17.1. The molecule has 7 nitrogen and oxygen atoms in total. The monoisotopic (exact) mass is 464 g/mol. The molecule has 3 saturated heterocycles. The third-order valence-electron chi connectivity index (χ3n) is 8.47. The van der Waals surface area contributed by atoms with Crippen molar-refractivity contribution in [3.05, 3.63) is 70.9 Å². The minimum atomic E-state index is 0.179. The number of carbonyl (C=O) groups excluding carboxylic acids is 1. The van der Waals surface area contributed by atoms with Crippen LogP contribution in [0, 0.1) is 11.3 Å². The van der Waals surface area contributed by atoms with Gasteiger partial charge in [0.05, 0.1) is 17.1 Å². The number of fused-ring (bicyclic) bond motifs is 6. The van der Waals surface area contributed by atoms with Crippen LogP contribution in [-0.2, 0) is 6.54 Å². The lowest BCUT2D eigenvalue weighted by Gasteiger charge is -2.43. The van der Waals surface area contributed by atoms with E-state index in [1.54, 1.807) is 6.20 Å². The molecule has 0 aliphatic carbocycles. The summed E-state index contributed by atoms with van der Waals surface area (Å²) in [6.07, 6.45) is 2.84. The lowest BCUT2D eigenvalue weighted by atomic mass is 9.98. The Labute approximate surface area is 204 Å². The molecule has 1 aromatic heterocycles. The maximum atomic E-state index is 13.3. The topological polar surface area (TPSA) is 75.5 Å². The van der Waals surface area contributed by atoms with Gasteiger partial charge in [-0.3, -0.25) is 14.7 Å². The highest BCUT2D eigenvalue weighted by Crippen LogP contribution is 2.41. The van der Waals surface area contributed by atoms with E-state index < -0.39 is 0 Å². The average Bonchev–Trinajstić information content (AvgIpc) is 3.62. The summed E-state index contributed by atoms with van der Waals surface area (Å²) in [4.78, 5) is 24.9. The van der Waals surface area contributed by atoms with Gasteiger partial charge in [-0.15, -0.1) is 0 Å². The number of nitrogens with zero attached hydrogens (tertiary/aromatic N) is 5. The number of likely N-dealkylation sites (tertiary alicyclic amines) is 1. The summed E-state index contributed by atoms with van der Waals surface area (Å²) < 4.78 is 0. The number of aromatic nitrogens is 1. The molecule has 4 aliphatic rings. The van der Waals surface area contributed by atoms with Gasteiger partial charge in [0.15, 0.2) is 0 Å². The zero-order valence-corrected chi connectivity index (χ0v) is 19.8. The number of hydrogen-bond donors (Lipinski definition) is 1. The molecule has 3 aromatic rings. The van der Waals surface area contributed by atoms with Crippen LogP contribution in [0.25, 0.3) is 10.9 Å². The Kier molecular flexibility index (Phi) is 4.63. The van der Waals surface area contributed by atoms with Crippen LogP contribution in [0.15, 0.2) is 48.7 Å². The van der Waals surface area contributed by atoms with Gasteiger partial charge in [0.1, 0.15) is 6.07 Å². The van der Waals surface area contributed by atoms with Crippen LogP contribution in [0.3, 0.4) is 0 Å². The van der Waals surface area contributed by atoms with Crippen LogP contribution in [0.5, 0.6) is 0 Å². The summed E-state index contributed by atoms with van der Waals surface area (Å²) in [6.45, 7) is 6.71. The SMILES string of the molecule is CC1CN(c2ccc(C#N)c3ncccc23)CC2c3ccc(C(=O)N4CC5CC4CN5)cc3CN12. The van der Waals surface area contributed by atoms with Crippen molar-refractivity contribution >= 4 is 22.5 Å². The van der Waals surface area contributed by atoms with Crippen LogP contribution in [0.1, 0.15) is 46.4 Å². The number of benzene rings is 2. The highest BCUT2D eigenvalue weighted by atomic mass is 16.2. The molecule has 176 valence electrons. The molecule has 4 atom stereocenters. The van der Waals surface area contributed by atoms with Gasteiger partial charge in [0.25, 0.3) is 5.91 Å². The van der Waals surface area contributed by atoms with Crippen molar-refractivity contribution in [2.24, 2.45) is 0 Å². The maximum absolute atomic E-state index is 13.3. The van der Waals surface area contributed by atoms with Crippen molar-refractivity contribution in [1.82, 2.24) is 20.1 Å². The molecule has 4 aliphatic heterocycles. The van der Waals surface area contributed by atoms with Crippen LogP contribution in [0.2, 0.25) is 0 Å². The largest absolute Gasteiger partial charge is 0.368 e. The molecule has 0 saturated carbocycles. The Hall–Kier alpha value is -3.47. The van der Waals surface area contributed by atoms with Crippen molar-refractivity contribution in [3.63, 3.8) is 0 Å². The number of amides is 1. The molecule has 0 radical (unpaired) electrons. The van der Waals surface area contributed by atoms with E-state index in [4.69, 9.17) is 0 Å². The molecule has 5 heterocycles. The second kappa shape index (κ2) is 7.77. The fraction of sp³-hybridized carbons (Fsp3) is 0.393. The number of nitrogens with one attached hydrogen (secondary N) is 1.